The first kappa shape index (κ1) is 13.9. The molecular formula is C12H16ClFN2O. The number of benzene rings is 1. The molecule has 2 N–H and O–H groups in total. The average molecular weight is 259 g/mol. The number of nitrogens with one attached hydrogen (secondary N) is 2. The van der Waals surface area contributed by atoms with Gasteiger partial charge in [0.05, 0.1) is 11.6 Å². The molecule has 1 aromatic rings. The molecule has 0 aliphatic heterocycles. The number of amides is 1. The van der Waals surface area contributed by atoms with Crippen molar-refractivity contribution in [2.45, 2.75) is 13.8 Å². The zero-order valence-corrected chi connectivity index (χ0v) is 10.6. The number of carbonyl (C=O) groups excluding carboxylic acids is 1. The monoisotopic (exact) mass is 258 g/mol. The van der Waals surface area contributed by atoms with Crippen LogP contribution in [0.3, 0.4) is 0 Å². The first-order chi connectivity index (χ1) is 7.99. The largest absolute Gasteiger partial charge is 0.325 e. The second kappa shape index (κ2) is 6.57. The van der Waals surface area contributed by atoms with Crippen molar-refractivity contribution in [2.75, 3.05) is 18.4 Å². The second-order valence-corrected chi connectivity index (χ2v) is 4.61. The lowest BCUT2D eigenvalue weighted by atomic mass is 10.2. The highest BCUT2D eigenvalue weighted by Gasteiger charge is 2.05. The van der Waals surface area contributed by atoms with Gasteiger partial charge in [-0.3, -0.25) is 4.79 Å². The molecule has 0 saturated carbocycles. The Morgan fingerprint density at radius 2 is 2.18 bits per heavy atom. The van der Waals surface area contributed by atoms with Gasteiger partial charge in [-0.1, -0.05) is 25.4 Å². The van der Waals surface area contributed by atoms with Gasteiger partial charge in [-0.05, 0) is 30.7 Å². The Morgan fingerprint density at radius 1 is 1.47 bits per heavy atom. The predicted molar refractivity (Wildman–Crippen MR) is 67.7 cm³/mol. The van der Waals surface area contributed by atoms with Gasteiger partial charge in [0.15, 0.2) is 0 Å². The summed E-state index contributed by atoms with van der Waals surface area (Å²) in [6.07, 6.45) is 0. The van der Waals surface area contributed by atoms with E-state index >= 15 is 0 Å². The van der Waals surface area contributed by atoms with Crippen molar-refractivity contribution in [2.24, 2.45) is 5.92 Å². The number of halogens is 2. The summed E-state index contributed by atoms with van der Waals surface area (Å²) in [5, 5.41) is 5.64. The number of hydrogen-bond donors (Lipinski definition) is 2. The summed E-state index contributed by atoms with van der Waals surface area (Å²) in [6, 6.07) is 4.08. The van der Waals surface area contributed by atoms with Crippen molar-refractivity contribution in [3.63, 3.8) is 0 Å². The molecule has 0 aliphatic carbocycles. The van der Waals surface area contributed by atoms with E-state index in [0.717, 1.165) is 6.54 Å². The van der Waals surface area contributed by atoms with Crippen molar-refractivity contribution in [1.29, 1.82) is 0 Å². The van der Waals surface area contributed by atoms with Crippen LogP contribution >= 0.6 is 11.6 Å². The van der Waals surface area contributed by atoms with Gasteiger partial charge in [0.2, 0.25) is 5.91 Å². The minimum Gasteiger partial charge on any atom is -0.325 e. The van der Waals surface area contributed by atoms with E-state index in [2.05, 4.69) is 24.5 Å². The summed E-state index contributed by atoms with van der Waals surface area (Å²) >= 11 is 5.60. The van der Waals surface area contributed by atoms with Crippen molar-refractivity contribution >= 4 is 23.2 Å². The van der Waals surface area contributed by atoms with Crippen LogP contribution in [-0.2, 0) is 4.79 Å². The summed E-state index contributed by atoms with van der Waals surface area (Å²) in [5.41, 5.74) is 0.493. The number of hydrogen-bond acceptors (Lipinski definition) is 2. The van der Waals surface area contributed by atoms with Gasteiger partial charge in [-0.25, -0.2) is 4.39 Å². The molecule has 0 radical (unpaired) electrons. The van der Waals surface area contributed by atoms with E-state index in [1.807, 2.05) is 0 Å². The Kier molecular flexibility index (Phi) is 5.38. The second-order valence-electron chi connectivity index (χ2n) is 4.20. The van der Waals surface area contributed by atoms with Gasteiger partial charge in [0.25, 0.3) is 0 Å². The van der Waals surface area contributed by atoms with Crippen LogP contribution in [0.4, 0.5) is 10.1 Å². The van der Waals surface area contributed by atoms with Crippen molar-refractivity contribution < 1.29 is 9.18 Å². The number of carbonyl (C=O) groups is 1. The third-order valence-corrected chi connectivity index (χ3v) is 2.33. The molecule has 0 aliphatic rings. The van der Waals surface area contributed by atoms with Gasteiger partial charge in [-0.15, -0.1) is 0 Å². The molecule has 94 valence electrons. The quantitative estimate of drug-likeness (QED) is 0.853. The Hall–Kier alpha value is -1.13. The van der Waals surface area contributed by atoms with E-state index in [1.54, 1.807) is 0 Å². The molecule has 0 spiro atoms. The number of rotatable bonds is 5. The Balaban J connectivity index is 2.42. The van der Waals surface area contributed by atoms with Crippen LogP contribution in [0.25, 0.3) is 0 Å². The van der Waals surface area contributed by atoms with Crippen LogP contribution in [0.2, 0.25) is 5.02 Å². The van der Waals surface area contributed by atoms with Gasteiger partial charge in [0.1, 0.15) is 5.82 Å². The molecule has 0 atom stereocenters. The van der Waals surface area contributed by atoms with Gasteiger partial charge < -0.3 is 10.6 Å². The van der Waals surface area contributed by atoms with E-state index in [1.165, 1.54) is 18.2 Å². The fourth-order valence-corrected chi connectivity index (χ4v) is 1.43. The summed E-state index contributed by atoms with van der Waals surface area (Å²) in [5.74, 6) is -0.181. The molecule has 3 nitrogen and oxygen atoms in total. The highest BCUT2D eigenvalue weighted by atomic mass is 35.5. The highest BCUT2D eigenvalue weighted by molar-refractivity contribution is 6.31. The fraction of sp³-hybridized carbons (Fsp3) is 0.417. The third kappa shape index (κ3) is 5.15. The fourth-order valence-electron chi connectivity index (χ4n) is 1.25. The van der Waals surface area contributed by atoms with Gasteiger partial charge in [0, 0.05) is 5.69 Å². The van der Waals surface area contributed by atoms with E-state index in [0.29, 0.717) is 11.6 Å². The Morgan fingerprint density at radius 3 is 2.76 bits per heavy atom. The van der Waals surface area contributed by atoms with Crippen LogP contribution in [0, 0.1) is 11.7 Å². The van der Waals surface area contributed by atoms with Crippen LogP contribution in [0.1, 0.15) is 13.8 Å². The van der Waals surface area contributed by atoms with Crippen LogP contribution in [0.5, 0.6) is 0 Å². The van der Waals surface area contributed by atoms with Crippen molar-refractivity contribution in [3.05, 3.63) is 29.0 Å². The van der Waals surface area contributed by atoms with E-state index in [-0.39, 0.29) is 17.5 Å². The first-order valence-electron chi connectivity index (χ1n) is 5.44. The normalized spacial score (nSPS) is 10.6. The van der Waals surface area contributed by atoms with E-state index < -0.39 is 5.82 Å². The summed E-state index contributed by atoms with van der Waals surface area (Å²) in [6.45, 7) is 5.13. The molecule has 0 aromatic heterocycles. The molecule has 1 rings (SSSR count). The summed E-state index contributed by atoms with van der Waals surface area (Å²) in [4.78, 5) is 11.5. The van der Waals surface area contributed by atoms with Crippen molar-refractivity contribution in [3.8, 4) is 0 Å². The summed E-state index contributed by atoms with van der Waals surface area (Å²) in [7, 11) is 0. The van der Waals surface area contributed by atoms with E-state index in [4.69, 9.17) is 11.6 Å². The van der Waals surface area contributed by atoms with E-state index in [9.17, 15) is 9.18 Å². The molecule has 5 heteroatoms. The maximum atomic E-state index is 12.9. The lowest BCUT2D eigenvalue weighted by Gasteiger charge is -2.08. The minimum atomic E-state index is -0.498. The van der Waals surface area contributed by atoms with Crippen molar-refractivity contribution in [1.82, 2.24) is 5.32 Å². The number of anilines is 1. The molecule has 0 bridgehead atoms. The molecule has 17 heavy (non-hydrogen) atoms. The lowest BCUT2D eigenvalue weighted by Crippen LogP contribution is -2.30. The maximum absolute atomic E-state index is 12.9. The summed E-state index contributed by atoms with van der Waals surface area (Å²) < 4.78 is 12.9. The smallest absolute Gasteiger partial charge is 0.238 e. The minimum absolute atomic E-state index is 0.00191. The third-order valence-electron chi connectivity index (χ3n) is 2.04. The molecular weight excluding hydrogens is 243 g/mol. The van der Waals surface area contributed by atoms with Gasteiger partial charge >= 0.3 is 0 Å². The first-order valence-corrected chi connectivity index (χ1v) is 5.82. The molecule has 0 fully saturated rings. The zero-order chi connectivity index (χ0) is 12.8. The molecule has 1 amide bonds. The van der Waals surface area contributed by atoms with Crippen LogP contribution < -0.4 is 10.6 Å². The highest BCUT2D eigenvalue weighted by Crippen LogP contribution is 2.19. The molecule has 1 aromatic carbocycles. The van der Waals surface area contributed by atoms with Crippen LogP contribution in [0.15, 0.2) is 18.2 Å². The Labute approximate surface area is 105 Å². The predicted octanol–water partition coefficient (Wildman–Crippen LogP) is 2.66. The Bertz CT molecular complexity index is 396. The SMILES string of the molecule is CC(C)CNCC(=O)Nc1ccc(F)c(Cl)c1. The molecule has 0 saturated heterocycles. The maximum Gasteiger partial charge on any atom is 0.238 e. The standard InChI is InChI=1S/C12H16ClFN2O/c1-8(2)6-15-7-12(17)16-9-3-4-11(14)10(13)5-9/h3-5,8,15H,6-7H2,1-2H3,(H,16,17). The average Bonchev–Trinajstić information content (AvgIpc) is 2.23. The molecule has 0 heterocycles. The van der Waals surface area contributed by atoms with Crippen LogP contribution in [-0.4, -0.2) is 19.0 Å². The zero-order valence-electron chi connectivity index (χ0n) is 9.89. The van der Waals surface area contributed by atoms with Gasteiger partial charge in [-0.2, -0.15) is 0 Å². The topological polar surface area (TPSA) is 41.1 Å². The molecule has 0 unspecified atom stereocenters. The lowest BCUT2D eigenvalue weighted by molar-refractivity contribution is -0.115.